The molecule has 1 aliphatic carbocycles. The van der Waals surface area contributed by atoms with Gasteiger partial charge in [-0.2, -0.15) is 5.10 Å². The molecule has 0 radical (unpaired) electrons. The molecule has 1 amide bonds. The van der Waals surface area contributed by atoms with Gasteiger partial charge in [0.05, 0.1) is 30.3 Å². The first-order chi connectivity index (χ1) is 23.1. The molecule has 2 fully saturated rings. The summed E-state index contributed by atoms with van der Waals surface area (Å²) >= 11 is 3.44. The largest absolute Gasteiger partial charge is 0.381 e. The summed E-state index contributed by atoms with van der Waals surface area (Å²) in [6.45, 7) is 6.49. The maximum atomic E-state index is 14.4. The summed E-state index contributed by atoms with van der Waals surface area (Å²) in [5, 5.41) is 5.50. The van der Waals surface area contributed by atoms with Gasteiger partial charge in [0.1, 0.15) is 22.7 Å². The Bertz CT molecular complexity index is 1910. The van der Waals surface area contributed by atoms with E-state index in [-0.39, 0.29) is 41.9 Å². The Morgan fingerprint density at radius 2 is 1.79 bits per heavy atom. The molecule has 1 saturated carbocycles. The second-order valence-electron chi connectivity index (χ2n) is 13.8. The third-order valence-corrected chi connectivity index (χ3v) is 10.8. The number of hydrogen-bond donors (Lipinski definition) is 0. The quantitative estimate of drug-likeness (QED) is 0.178. The number of aryl methyl sites for hydroxylation is 3. The van der Waals surface area contributed by atoms with Crippen LogP contribution in [0.3, 0.4) is 0 Å². The van der Waals surface area contributed by atoms with E-state index in [1.165, 1.54) is 6.92 Å². The van der Waals surface area contributed by atoms with Crippen molar-refractivity contribution in [2.75, 3.05) is 13.2 Å². The Labute approximate surface area is 288 Å². The van der Waals surface area contributed by atoms with Gasteiger partial charge in [0.15, 0.2) is 11.6 Å². The van der Waals surface area contributed by atoms with E-state index in [1.54, 1.807) is 17.1 Å². The lowest BCUT2D eigenvalue weighted by Gasteiger charge is -2.27. The van der Waals surface area contributed by atoms with Crippen LogP contribution in [0.4, 0.5) is 0 Å². The first-order valence-corrected chi connectivity index (χ1v) is 17.8. The number of nitrogens with zero attached hydrogens (tertiary/aromatic N) is 6. The number of rotatable bonds is 5. The van der Waals surface area contributed by atoms with Gasteiger partial charge in [-0.05, 0) is 96.8 Å². The minimum absolute atomic E-state index is 0.0153. The number of ether oxygens (including phenoxy) is 1. The Hall–Kier alpha value is -3.83. The molecule has 2 bridgehead atoms. The van der Waals surface area contributed by atoms with E-state index < -0.39 is 6.04 Å². The number of carbonyl (C=O) groups excluding carboxylic acids is 3. The number of halogens is 1. The zero-order chi connectivity index (χ0) is 33.6. The van der Waals surface area contributed by atoms with Crippen molar-refractivity contribution in [1.29, 1.82) is 0 Å². The van der Waals surface area contributed by atoms with Gasteiger partial charge in [0.2, 0.25) is 5.91 Å². The van der Waals surface area contributed by atoms with E-state index in [1.807, 2.05) is 36.9 Å². The van der Waals surface area contributed by atoms with Crippen LogP contribution in [0.5, 0.6) is 0 Å². The molecule has 5 heterocycles. The van der Waals surface area contributed by atoms with Crippen LogP contribution in [0, 0.1) is 19.3 Å². The summed E-state index contributed by atoms with van der Waals surface area (Å²) in [7, 11) is 0. The van der Waals surface area contributed by atoms with E-state index in [4.69, 9.17) is 9.84 Å². The summed E-state index contributed by atoms with van der Waals surface area (Å²) in [5.41, 5.74) is 5.39. The van der Waals surface area contributed by atoms with Crippen molar-refractivity contribution in [2.24, 2.45) is 5.41 Å². The summed E-state index contributed by atoms with van der Waals surface area (Å²) in [5.74, 6) is 0.341. The minimum Gasteiger partial charge on any atom is -0.381 e. The van der Waals surface area contributed by atoms with Crippen molar-refractivity contribution in [1.82, 2.24) is 29.6 Å². The van der Waals surface area contributed by atoms with E-state index in [9.17, 15) is 14.4 Å². The minimum atomic E-state index is -0.569. The van der Waals surface area contributed by atoms with Crippen molar-refractivity contribution in [3.05, 3.63) is 69.6 Å². The summed E-state index contributed by atoms with van der Waals surface area (Å²) in [6.07, 6.45) is 11.2. The molecular weight excluding hydrogens is 672 g/mol. The zero-order valence-electron chi connectivity index (χ0n) is 27.8. The van der Waals surface area contributed by atoms with Crippen LogP contribution in [0.25, 0.3) is 22.0 Å². The number of Topliss-reactive ketones (excluding diaryl/α,β-unsaturated/α-hetero) is 2. The first kappa shape index (κ1) is 32.7. The fourth-order valence-electron chi connectivity index (χ4n) is 7.69. The number of carbonyl (C=O) groups is 3. The van der Waals surface area contributed by atoms with Gasteiger partial charge in [0, 0.05) is 48.3 Å². The smallest absolute Gasteiger partial charge is 0.245 e. The maximum absolute atomic E-state index is 14.4. The van der Waals surface area contributed by atoms with Crippen molar-refractivity contribution in [3.8, 4) is 11.1 Å². The molecule has 11 heteroatoms. The van der Waals surface area contributed by atoms with Crippen molar-refractivity contribution >= 4 is 44.3 Å². The van der Waals surface area contributed by atoms with Crippen molar-refractivity contribution in [2.45, 2.75) is 97.2 Å². The molecule has 0 unspecified atom stereocenters. The fourth-order valence-corrected chi connectivity index (χ4v) is 8.04. The summed E-state index contributed by atoms with van der Waals surface area (Å²) in [4.78, 5) is 56.6. The molecule has 3 aliphatic rings. The predicted octanol–water partition coefficient (Wildman–Crippen LogP) is 6.16. The first-order valence-electron chi connectivity index (χ1n) is 17.0. The molecule has 0 N–H and O–H groups in total. The van der Waals surface area contributed by atoms with E-state index in [2.05, 4.69) is 36.9 Å². The van der Waals surface area contributed by atoms with Crippen LogP contribution in [0.1, 0.15) is 85.0 Å². The van der Waals surface area contributed by atoms with E-state index >= 15 is 0 Å². The molecule has 4 aromatic rings. The Morgan fingerprint density at radius 3 is 2.58 bits per heavy atom. The lowest BCUT2D eigenvalue weighted by Crippen LogP contribution is -2.45. The topological polar surface area (TPSA) is 120 Å². The Kier molecular flexibility index (Phi) is 9.02. The zero-order valence-corrected chi connectivity index (χ0v) is 29.4. The number of amides is 1. The molecule has 1 aromatic carbocycles. The summed E-state index contributed by atoms with van der Waals surface area (Å²) in [6, 6.07) is 7.28. The highest BCUT2D eigenvalue weighted by molar-refractivity contribution is 9.10. The average molecular weight is 714 g/mol. The highest BCUT2D eigenvalue weighted by Crippen LogP contribution is 2.60. The highest BCUT2D eigenvalue weighted by atomic mass is 79.9. The number of benzene rings is 1. The van der Waals surface area contributed by atoms with E-state index in [0.29, 0.717) is 41.5 Å². The van der Waals surface area contributed by atoms with Gasteiger partial charge in [-0.3, -0.25) is 19.1 Å². The summed E-state index contributed by atoms with van der Waals surface area (Å²) < 4.78 is 8.59. The number of hydrogen-bond acceptors (Lipinski definition) is 8. The SMILES string of the molecule is CC(=O)c1nn2c3c(cc(-c4cnc(C)nc4)cc13)CCCCCCCOC[C@@]13C[C@@H](C(=O)Cc4nc(Br)ccc4C)N(C(=O)C2)[C@@H]1C3. The number of aromatic nitrogens is 5. The van der Waals surface area contributed by atoms with Crippen LogP contribution >= 0.6 is 15.9 Å². The third-order valence-electron chi connectivity index (χ3n) is 10.4. The molecule has 0 spiro atoms. The van der Waals surface area contributed by atoms with Crippen molar-refractivity contribution < 1.29 is 19.1 Å². The molecule has 250 valence electrons. The number of piperidine rings is 1. The van der Waals surface area contributed by atoms with Crippen LogP contribution < -0.4 is 0 Å². The van der Waals surface area contributed by atoms with E-state index in [0.717, 1.165) is 78.1 Å². The number of ketones is 2. The maximum Gasteiger partial charge on any atom is 0.245 e. The van der Waals surface area contributed by atoms with Crippen molar-refractivity contribution in [3.63, 3.8) is 0 Å². The van der Waals surface area contributed by atoms with Crippen LogP contribution in [0.15, 0.2) is 41.3 Å². The third kappa shape index (κ3) is 6.34. The van der Waals surface area contributed by atoms with Crippen LogP contribution in [0.2, 0.25) is 0 Å². The van der Waals surface area contributed by atoms with Gasteiger partial charge in [-0.25, -0.2) is 15.0 Å². The average Bonchev–Trinajstić information content (AvgIpc) is 3.46. The van der Waals surface area contributed by atoms with Gasteiger partial charge in [-0.15, -0.1) is 0 Å². The van der Waals surface area contributed by atoms with Gasteiger partial charge in [-0.1, -0.05) is 25.3 Å². The molecule has 3 aromatic heterocycles. The fraction of sp³-hybridized carbons (Fsp3) is 0.486. The molecule has 1 saturated heterocycles. The lowest BCUT2D eigenvalue weighted by atomic mass is 9.95. The molecule has 48 heavy (non-hydrogen) atoms. The Morgan fingerprint density at radius 1 is 1.02 bits per heavy atom. The standard InChI is InChI=1S/C37H41BrN6O4/c1-22-10-11-33(38)41-29(22)15-31(46)30-16-37-17-32(37)44(30)34(47)20-43-36-25(9-7-5-4-6-8-12-48-21-37)13-26(27-18-39-24(3)40-19-27)14-28(36)35(42-43)23(2)45/h10-11,13-14,18-19,30,32H,4-9,12,15-17,20-21H2,1-3H3/t30-,32+,37-/m0/s1. The lowest BCUT2D eigenvalue weighted by molar-refractivity contribution is -0.139. The van der Waals surface area contributed by atoms with Gasteiger partial charge < -0.3 is 9.64 Å². The predicted molar refractivity (Wildman–Crippen MR) is 185 cm³/mol. The highest BCUT2D eigenvalue weighted by Gasteiger charge is 2.67. The second-order valence-corrected chi connectivity index (χ2v) is 14.6. The second kappa shape index (κ2) is 13.2. The monoisotopic (exact) mass is 712 g/mol. The molecule has 3 atom stereocenters. The normalized spacial score (nSPS) is 23.2. The van der Waals surface area contributed by atoms with Crippen LogP contribution in [-0.4, -0.2) is 72.4 Å². The van der Waals surface area contributed by atoms with Crippen LogP contribution in [-0.2, 0) is 33.7 Å². The van der Waals surface area contributed by atoms with Gasteiger partial charge >= 0.3 is 0 Å². The Balaban J connectivity index is 1.28. The molecule has 10 nitrogen and oxygen atoms in total. The molecule has 7 rings (SSSR count). The molecule has 2 aliphatic heterocycles. The number of pyridine rings is 1. The molecular formula is C37H41BrN6O4. The van der Waals surface area contributed by atoms with Gasteiger partial charge in [0.25, 0.3) is 0 Å².